The molecule has 1 heteroatoms. The highest BCUT2D eigenvalue weighted by Crippen LogP contribution is 2.42. The molecule has 2 bridgehead atoms. The average Bonchev–Trinajstić information content (AvgIpc) is 2.07. The summed E-state index contributed by atoms with van der Waals surface area (Å²) in [4.78, 5) is 0. The third-order valence-corrected chi connectivity index (χ3v) is 4.02. The van der Waals surface area contributed by atoms with Crippen molar-refractivity contribution < 1.29 is 0 Å². The van der Waals surface area contributed by atoms with Gasteiger partial charge in [0, 0.05) is 6.04 Å². The van der Waals surface area contributed by atoms with E-state index in [1.54, 1.807) is 0 Å². The van der Waals surface area contributed by atoms with E-state index >= 15 is 0 Å². The lowest BCUT2D eigenvalue weighted by atomic mass is 9.65. The molecule has 0 aromatic rings. The first kappa shape index (κ1) is 9.51. The summed E-state index contributed by atoms with van der Waals surface area (Å²) in [5.74, 6) is 3.00. The summed E-state index contributed by atoms with van der Waals surface area (Å²) in [5.41, 5.74) is 0. The van der Waals surface area contributed by atoms with Gasteiger partial charge < -0.3 is 5.32 Å². The van der Waals surface area contributed by atoms with Crippen LogP contribution in [-0.2, 0) is 0 Å². The van der Waals surface area contributed by atoms with Gasteiger partial charge in [0.1, 0.15) is 0 Å². The van der Waals surface area contributed by atoms with Crippen molar-refractivity contribution in [3.8, 4) is 0 Å². The Kier molecular flexibility index (Phi) is 2.92. The first-order valence-corrected chi connectivity index (χ1v) is 6.04. The molecule has 2 rings (SSSR count). The SMILES string of the molecule is CCNC1C2CCCC1CC(C)C2. The minimum absolute atomic E-state index is 0.870. The van der Waals surface area contributed by atoms with Crippen LogP contribution in [0.25, 0.3) is 0 Å². The fourth-order valence-electron chi connectivity index (χ4n) is 3.61. The lowest BCUT2D eigenvalue weighted by Crippen LogP contribution is -2.48. The Balaban J connectivity index is 2.01. The first-order chi connectivity index (χ1) is 6.31. The molecule has 13 heavy (non-hydrogen) atoms. The molecule has 0 aromatic heterocycles. The average molecular weight is 181 g/mol. The molecule has 0 spiro atoms. The quantitative estimate of drug-likeness (QED) is 0.690. The van der Waals surface area contributed by atoms with Gasteiger partial charge in [-0.25, -0.2) is 0 Å². The van der Waals surface area contributed by atoms with Gasteiger partial charge in [-0.3, -0.25) is 0 Å². The van der Waals surface area contributed by atoms with Crippen molar-refractivity contribution in [2.75, 3.05) is 6.54 Å². The second-order valence-corrected chi connectivity index (χ2v) is 5.11. The summed E-state index contributed by atoms with van der Waals surface area (Å²) < 4.78 is 0. The second kappa shape index (κ2) is 4.00. The predicted molar refractivity (Wildman–Crippen MR) is 56.7 cm³/mol. The van der Waals surface area contributed by atoms with E-state index in [0.717, 1.165) is 30.3 Å². The smallest absolute Gasteiger partial charge is 0.0124 e. The van der Waals surface area contributed by atoms with Gasteiger partial charge in [-0.15, -0.1) is 0 Å². The number of rotatable bonds is 2. The largest absolute Gasteiger partial charge is 0.314 e. The Morgan fingerprint density at radius 1 is 1.15 bits per heavy atom. The number of hydrogen-bond acceptors (Lipinski definition) is 1. The molecule has 2 aliphatic rings. The standard InChI is InChI=1S/C12H23N/c1-3-13-12-10-5-4-6-11(12)8-9(2)7-10/h9-13H,3-8H2,1-2H3. The van der Waals surface area contributed by atoms with E-state index in [0.29, 0.717) is 0 Å². The highest BCUT2D eigenvalue weighted by Gasteiger charge is 2.37. The molecule has 0 saturated heterocycles. The van der Waals surface area contributed by atoms with Gasteiger partial charge in [0.25, 0.3) is 0 Å². The Labute approximate surface area is 82.3 Å². The summed E-state index contributed by atoms with van der Waals surface area (Å²) in [7, 11) is 0. The third-order valence-electron chi connectivity index (χ3n) is 4.02. The van der Waals surface area contributed by atoms with Crippen LogP contribution in [0.1, 0.15) is 46.0 Å². The van der Waals surface area contributed by atoms with Crippen molar-refractivity contribution in [1.82, 2.24) is 5.32 Å². The number of hydrogen-bond donors (Lipinski definition) is 1. The summed E-state index contributed by atoms with van der Waals surface area (Å²) in [6.07, 6.45) is 7.42. The van der Waals surface area contributed by atoms with E-state index < -0.39 is 0 Å². The van der Waals surface area contributed by atoms with Crippen molar-refractivity contribution >= 4 is 0 Å². The summed E-state index contributed by atoms with van der Waals surface area (Å²) >= 11 is 0. The third kappa shape index (κ3) is 1.90. The van der Waals surface area contributed by atoms with Crippen LogP contribution in [0.4, 0.5) is 0 Å². The van der Waals surface area contributed by atoms with Gasteiger partial charge in [0.15, 0.2) is 0 Å². The fourth-order valence-corrected chi connectivity index (χ4v) is 3.61. The van der Waals surface area contributed by atoms with E-state index in [1.807, 2.05) is 0 Å². The maximum Gasteiger partial charge on any atom is 0.0124 e. The molecule has 2 fully saturated rings. The molecular formula is C12H23N. The van der Waals surface area contributed by atoms with Gasteiger partial charge in [-0.1, -0.05) is 20.3 Å². The first-order valence-electron chi connectivity index (χ1n) is 6.04. The molecule has 0 radical (unpaired) electrons. The zero-order chi connectivity index (χ0) is 9.26. The van der Waals surface area contributed by atoms with Crippen LogP contribution in [0, 0.1) is 17.8 Å². The van der Waals surface area contributed by atoms with Crippen LogP contribution in [0.5, 0.6) is 0 Å². The molecular weight excluding hydrogens is 158 g/mol. The molecule has 76 valence electrons. The molecule has 2 atom stereocenters. The molecule has 2 saturated carbocycles. The fraction of sp³-hybridized carbons (Fsp3) is 1.00. The van der Waals surface area contributed by atoms with Crippen LogP contribution in [-0.4, -0.2) is 12.6 Å². The van der Waals surface area contributed by atoms with E-state index in [9.17, 15) is 0 Å². The van der Waals surface area contributed by atoms with Crippen molar-refractivity contribution in [2.45, 2.75) is 52.0 Å². The normalized spacial score (nSPS) is 44.8. The molecule has 1 N–H and O–H groups in total. The van der Waals surface area contributed by atoms with Crippen LogP contribution >= 0.6 is 0 Å². The van der Waals surface area contributed by atoms with Crippen LogP contribution in [0.2, 0.25) is 0 Å². The Morgan fingerprint density at radius 3 is 2.31 bits per heavy atom. The molecule has 0 aromatic carbocycles. The summed E-state index contributed by atoms with van der Waals surface area (Å²) in [6, 6.07) is 0.870. The van der Waals surface area contributed by atoms with Crippen molar-refractivity contribution in [2.24, 2.45) is 17.8 Å². The molecule has 1 nitrogen and oxygen atoms in total. The van der Waals surface area contributed by atoms with E-state index in [4.69, 9.17) is 0 Å². The highest BCUT2D eigenvalue weighted by atomic mass is 14.9. The number of fused-ring (bicyclic) bond motifs is 2. The lowest BCUT2D eigenvalue weighted by molar-refractivity contribution is 0.0914. The number of nitrogens with one attached hydrogen (secondary N) is 1. The Bertz CT molecular complexity index is 153. The highest BCUT2D eigenvalue weighted by molar-refractivity contribution is 4.92. The minimum Gasteiger partial charge on any atom is -0.314 e. The second-order valence-electron chi connectivity index (χ2n) is 5.11. The zero-order valence-corrected chi connectivity index (χ0v) is 9.05. The molecule has 2 aliphatic carbocycles. The zero-order valence-electron chi connectivity index (χ0n) is 9.05. The minimum atomic E-state index is 0.870. The van der Waals surface area contributed by atoms with Gasteiger partial charge in [0.05, 0.1) is 0 Å². The van der Waals surface area contributed by atoms with Gasteiger partial charge in [-0.05, 0) is 50.0 Å². The van der Waals surface area contributed by atoms with Crippen LogP contribution < -0.4 is 5.32 Å². The van der Waals surface area contributed by atoms with E-state index in [-0.39, 0.29) is 0 Å². The summed E-state index contributed by atoms with van der Waals surface area (Å²) in [5, 5.41) is 3.71. The summed E-state index contributed by atoms with van der Waals surface area (Å²) in [6.45, 7) is 5.84. The maximum atomic E-state index is 3.71. The van der Waals surface area contributed by atoms with Crippen molar-refractivity contribution in [3.63, 3.8) is 0 Å². The molecule has 0 heterocycles. The topological polar surface area (TPSA) is 12.0 Å². The molecule has 0 amide bonds. The van der Waals surface area contributed by atoms with Crippen LogP contribution in [0.3, 0.4) is 0 Å². The monoisotopic (exact) mass is 181 g/mol. The van der Waals surface area contributed by atoms with Crippen LogP contribution in [0.15, 0.2) is 0 Å². The van der Waals surface area contributed by atoms with Crippen molar-refractivity contribution in [3.05, 3.63) is 0 Å². The molecule has 0 aliphatic heterocycles. The lowest BCUT2D eigenvalue weighted by Gasteiger charge is -2.45. The van der Waals surface area contributed by atoms with Crippen molar-refractivity contribution in [1.29, 1.82) is 0 Å². The van der Waals surface area contributed by atoms with E-state index in [1.165, 1.54) is 32.1 Å². The predicted octanol–water partition coefficient (Wildman–Crippen LogP) is 2.81. The van der Waals surface area contributed by atoms with E-state index in [2.05, 4.69) is 19.2 Å². The maximum absolute atomic E-state index is 3.71. The molecule has 2 unspecified atom stereocenters. The van der Waals surface area contributed by atoms with Gasteiger partial charge >= 0.3 is 0 Å². The Morgan fingerprint density at radius 2 is 1.77 bits per heavy atom. The Hall–Kier alpha value is -0.0400. The van der Waals surface area contributed by atoms with Gasteiger partial charge in [0.2, 0.25) is 0 Å². The van der Waals surface area contributed by atoms with Gasteiger partial charge in [-0.2, -0.15) is 0 Å².